The van der Waals surface area contributed by atoms with Crippen molar-refractivity contribution in [2.75, 3.05) is 18.9 Å². The third-order valence-corrected chi connectivity index (χ3v) is 4.45. The zero-order valence-electron chi connectivity index (χ0n) is 14.2. The Morgan fingerprint density at radius 1 is 1.42 bits per heavy atom. The van der Waals surface area contributed by atoms with Crippen molar-refractivity contribution in [3.05, 3.63) is 23.9 Å². The summed E-state index contributed by atoms with van der Waals surface area (Å²) in [5.41, 5.74) is 0.878. The fourth-order valence-electron chi connectivity index (χ4n) is 3.27. The van der Waals surface area contributed by atoms with Gasteiger partial charge in [0.25, 0.3) is 0 Å². The average Bonchev–Trinajstić information content (AvgIpc) is 3.16. The summed E-state index contributed by atoms with van der Waals surface area (Å²) in [6.45, 7) is 2.41. The van der Waals surface area contributed by atoms with Crippen LogP contribution in [-0.2, 0) is 9.53 Å². The number of carbonyl (C=O) groups is 1. The van der Waals surface area contributed by atoms with E-state index in [0.717, 1.165) is 24.5 Å². The van der Waals surface area contributed by atoms with Gasteiger partial charge >= 0.3 is 0 Å². The van der Waals surface area contributed by atoms with Gasteiger partial charge in [0, 0.05) is 25.7 Å². The van der Waals surface area contributed by atoms with E-state index in [1.165, 1.54) is 6.42 Å². The highest BCUT2D eigenvalue weighted by molar-refractivity contribution is 5.90. The molecule has 7 heteroatoms. The van der Waals surface area contributed by atoms with Crippen molar-refractivity contribution in [2.24, 2.45) is 4.99 Å². The maximum absolute atomic E-state index is 12.0. The van der Waals surface area contributed by atoms with Crippen LogP contribution in [0.4, 0.5) is 5.82 Å². The lowest BCUT2D eigenvalue weighted by molar-refractivity contribution is -0.116. The number of hydrogen-bond acceptors (Lipinski definition) is 4. The van der Waals surface area contributed by atoms with E-state index in [0.29, 0.717) is 37.0 Å². The minimum Gasteiger partial charge on any atom is -0.373 e. The van der Waals surface area contributed by atoms with Gasteiger partial charge in [-0.3, -0.25) is 9.79 Å². The Hall–Kier alpha value is -2.15. The summed E-state index contributed by atoms with van der Waals surface area (Å²) in [5.74, 6) is 1.23. The first-order valence-electron chi connectivity index (χ1n) is 8.50. The maximum atomic E-state index is 12.0. The molecule has 0 saturated carbocycles. The minimum absolute atomic E-state index is 0.0701. The van der Waals surface area contributed by atoms with Crippen molar-refractivity contribution in [3.8, 4) is 0 Å². The number of fused-ring (bicyclic) bond motifs is 2. The Morgan fingerprint density at radius 2 is 2.29 bits per heavy atom. The van der Waals surface area contributed by atoms with E-state index in [1.807, 2.05) is 19.1 Å². The molecule has 2 fully saturated rings. The molecule has 3 rings (SSSR count). The molecule has 2 aliphatic rings. The number of nitrogens with one attached hydrogen (secondary N) is 3. The van der Waals surface area contributed by atoms with Crippen LogP contribution >= 0.6 is 0 Å². The van der Waals surface area contributed by atoms with Crippen molar-refractivity contribution in [3.63, 3.8) is 0 Å². The summed E-state index contributed by atoms with van der Waals surface area (Å²) in [6, 6.07) is 5.87. The fraction of sp³-hybridized carbons (Fsp3) is 0.588. The molecule has 0 radical (unpaired) electrons. The first kappa shape index (κ1) is 16.7. The number of carbonyl (C=O) groups excluding carboxylic acids is 1. The number of anilines is 1. The van der Waals surface area contributed by atoms with Crippen LogP contribution in [0.1, 0.15) is 31.4 Å². The summed E-state index contributed by atoms with van der Waals surface area (Å²) >= 11 is 0. The molecule has 1 aromatic heterocycles. The van der Waals surface area contributed by atoms with Crippen molar-refractivity contribution in [1.29, 1.82) is 0 Å². The van der Waals surface area contributed by atoms with E-state index in [2.05, 4.69) is 25.9 Å². The molecule has 0 spiro atoms. The van der Waals surface area contributed by atoms with E-state index in [-0.39, 0.29) is 5.91 Å². The normalized spacial score (nSPS) is 25.6. The monoisotopic (exact) mass is 331 g/mol. The Balaban J connectivity index is 1.39. The zero-order chi connectivity index (χ0) is 16.9. The Kier molecular flexibility index (Phi) is 5.30. The number of amides is 1. The summed E-state index contributed by atoms with van der Waals surface area (Å²) in [7, 11) is 1.74. The third-order valence-electron chi connectivity index (χ3n) is 4.45. The standard InChI is InChI=1S/C17H25N5O2/c1-11-4-3-5-15(20-11)22-16(23)8-9-19-17(18-2)21-13-10-12-6-7-14(13)24-12/h3-5,12-14H,6-10H2,1-2H3,(H2,18,19,21)(H,20,22,23). The fourth-order valence-corrected chi connectivity index (χ4v) is 3.27. The van der Waals surface area contributed by atoms with Gasteiger partial charge in [-0.2, -0.15) is 0 Å². The Morgan fingerprint density at radius 3 is 2.96 bits per heavy atom. The van der Waals surface area contributed by atoms with Crippen LogP contribution in [0.25, 0.3) is 0 Å². The van der Waals surface area contributed by atoms with Crippen LogP contribution in [0.5, 0.6) is 0 Å². The molecule has 0 aromatic carbocycles. The molecule has 24 heavy (non-hydrogen) atoms. The molecule has 0 aliphatic carbocycles. The number of aryl methyl sites for hydroxylation is 1. The molecule has 3 N–H and O–H groups in total. The Labute approximate surface area is 142 Å². The summed E-state index contributed by atoms with van der Waals surface area (Å²) in [6.07, 6.45) is 4.37. The predicted octanol–water partition coefficient (Wildman–Crippen LogP) is 1.20. The Bertz CT molecular complexity index is 619. The number of ether oxygens (including phenoxy) is 1. The molecular weight excluding hydrogens is 306 g/mol. The molecule has 7 nitrogen and oxygen atoms in total. The van der Waals surface area contributed by atoms with E-state index < -0.39 is 0 Å². The molecule has 2 bridgehead atoms. The van der Waals surface area contributed by atoms with Gasteiger partial charge in [0.2, 0.25) is 5.91 Å². The van der Waals surface area contributed by atoms with E-state index in [4.69, 9.17) is 4.74 Å². The predicted molar refractivity (Wildman–Crippen MR) is 93.0 cm³/mol. The summed E-state index contributed by atoms with van der Waals surface area (Å²) in [5, 5.41) is 9.38. The first-order valence-corrected chi connectivity index (χ1v) is 8.50. The average molecular weight is 331 g/mol. The largest absolute Gasteiger partial charge is 0.373 e. The number of rotatable bonds is 5. The number of aliphatic imine (C=N–C) groups is 1. The molecular formula is C17H25N5O2. The van der Waals surface area contributed by atoms with Crippen LogP contribution in [0.2, 0.25) is 0 Å². The van der Waals surface area contributed by atoms with Crippen molar-refractivity contribution in [1.82, 2.24) is 15.6 Å². The number of nitrogens with zero attached hydrogens (tertiary/aromatic N) is 2. The van der Waals surface area contributed by atoms with Gasteiger partial charge < -0.3 is 20.7 Å². The second kappa shape index (κ2) is 7.61. The number of hydrogen-bond donors (Lipinski definition) is 3. The molecule has 2 aliphatic heterocycles. The quantitative estimate of drug-likeness (QED) is 0.557. The molecule has 130 valence electrons. The molecule has 3 heterocycles. The van der Waals surface area contributed by atoms with E-state index in [1.54, 1.807) is 13.1 Å². The molecule has 1 aromatic rings. The van der Waals surface area contributed by atoms with E-state index >= 15 is 0 Å². The lowest BCUT2D eigenvalue weighted by Crippen LogP contribution is -2.47. The van der Waals surface area contributed by atoms with Gasteiger partial charge in [0.1, 0.15) is 5.82 Å². The molecule has 3 atom stereocenters. The third kappa shape index (κ3) is 4.23. The number of aromatic nitrogens is 1. The zero-order valence-corrected chi connectivity index (χ0v) is 14.2. The van der Waals surface area contributed by atoms with Crippen LogP contribution in [0.15, 0.2) is 23.2 Å². The van der Waals surface area contributed by atoms with Crippen LogP contribution in [-0.4, -0.2) is 48.7 Å². The van der Waals surface area contributed by atoms with Crippen molar-refractivity contribution >= 4 is 17.7 Å². The smallest absolute Gasteiger partial charge is 0.227 e. The van der Waals surface area contributed by atoms with Gasteiger partial charge in [0.15, 0.2) is 5.96 Å². The van der Waals surface area contributed by atoms with Crippen molar-refractivity contribution in [2.45, 2.75) is 50.9 Å². The van der Waals surface area contributed by atoms with Crippen LogP contribution in [0, 0.1) is 6.92 Å². The maximum Gasteiger partial charge on any atom is 0.227 e. The topological polar surface area (TPSA) is 87.6 Å². The molecule has 3 unspecified atom stereocenters. The van der Waals surface area contributed by atoms with Crippen molar-refractivity contribution < 1.29 is 9.53 Å². The highest BCUT2D eigenvalue weighted by Crippen LogP contribution is 2.34. The second-order valence-corrected chi connectivity index (χ2v) is 6.32. The summed E-state index contributed by atoms with van der Waals surface area (Å²) < 4.78 is 5.83. The van der Waals surface area contributed by atoms with Gasteiger partial charge in [-0.25, -0.2) is 4.98 Å². The van der Waals surface area contributed by atoms with Gasteiger partial charge in [-0.1, -0.05) is 6.07 Å². The molecule has 1 amide bonds. The number of guanidine groups is 1. The van der Waals surface area contributed by atoms with Gasteiger partial charge in [-0.05, 0) is 38.3 Å². The van der Waals surface area contributed by atoms with Gasteiger partial charge in [-0.15, -0.1) is 0 Å². The van der Waals surface area contributed by atoms with Gasteiger partial charge in [0.05, 0.1) is 18.2 Å². The SMILES string of the molecule is CN=C(NCCC(=O)Nc1cccc(C)n1)NC1CC2CCC1O2. The number of pyridine rings is 1. The van der Waals surface area contributed by atoms with Crippen LogP contribution < -0.4 is 16.0 Å². The molecule has 2 saturated heterocycles. The lowest BCUT2D eigenvalue weighted by atomic mass is 9.96. The van der Waals surface area contributed by atoms with Crippen LogP contribution in [0.3, 0.4) is 0 Å². The highest BCUT2D eigenvalue weighted by atomic mass is 16.5. The second-order valence-electron chi connectivity index (χ2n) is 6.32. The highest BCUT2D eigenvalue weighted by Gasteiger charge is 2.41. The minimum atomic E-state index is -0.0701. The van der Waals surface area contributed by atoms with E-state index in [9.17, 15) is 4.79 Å². The summed E-state index contributed by atoms with van der Waals surface area (Å²) in [4.78, 5) is 20.5. The first-order chi connectivity index (χ1) is 11.6. The lowest BCUT2D eigenvalue weighted by Gasteiger charge is -2.22.